The van der Waals surface area contributed by atoms with Gasteiger partial charge in [0.15, 0.2) is 0 Å². The first-order chi connectivity index (χ1) is 14.3. The van der Waals surface area contributed by atoms with E-state index in [0.717, 1.165) is 21.3 Å². The second-order valence-electron chi connectivity index (χ2n) is 7.51. The van der Waals surface area contributed by atoms with Gasteiger partial charge in [0.25, 0.3) is 0 Å². The summed E-state index contributed by atoms with van der Waals surface area (Å²) in [5.74, 6) is 0.567. The van der Waals surface area contributed by atoms with Gasteiger partial charge in [0, 0.05) is 23.5 Å². The topological polar surface area (TPSA) is 75.7 Å². The van der Waals surface area contributed by atoms with Crippen molar-refractivity contribution in [3.05, 3.63) is 64.1 Å². The van der Waals surface area contributed by atoms with Gasteiger partial charge in [-0.1, -0.05) is 40.2 Å². The molecule has 1 amide bonds. The molecule has 0 aliphatic carbocycles. The molecule has 0 saturated carbocycles. The number of amides is 1. The second kappa shape index (κ2) is 10.4. The summed E-state index contributed by atoms with van der Waals surface area (Å²) in [6, 6.07) is 15.1. The highest BCUT2D eigenvalue weighted by molar-refractivity contribution is 9.10. The molecule has 0 radical (unpaired) electrons. The molecule has 8 heteroatoms. The molecule has 0 bridgehead atoms. The summed E-state index contributed by atoms with van der Waals surface area (Å²) in [5, 5.41) is 2.90. The Bertz CT molecular complexity index is 955. The van der Waals surface area contributed by atoms with E-state index >= 15 is 0 Å². The van der Waals surface area contributed by atoms with Crippen LogP contribution < -0.4 is 10.1 Å². The van der Waals surface area contributed by atoms with E-state index < -0.39 is 10.0 Å². The highest BCUT2D eigenvalue weighted by Gasteiger charge is 2.31. The first-order valence-electron chi connectivity index (χ1n) is 10.0. The molecule has 1 heterocycles. The molecule has 6 nitrogen and oxygen atoms in total. The third kappa shape index (κ3) is 6.55. The molecule has 1 fully saturated rings. The van der Waals surface area contributed by atoms with E-state index in [-0.39, 0.29) is 17.6 Å². The molecule has 2 aromatic rings. The van der Waals surface area contributed by atoms with Crippen LogP contribution in [-0.4, -0.2) is 44.9 Å². The van der Waals surface area contributed by atoms with Gasteiger partial charge in [-0.2, -0.15) is 0 Å². The fourth-order valence-corrected chi connectivity index (χ4v) is 5.30. The predicted octanol–water partition coefficient (Wildman–Crippen LogP) is 3.49. The number of ether oxygens (including phenoxy) is 1. The van der Waals surface area contributed by atoms with Crippen LogP contribution in [0.25, 0.3) is 0 Å². The molecule has 30 heavy (non-hydrogen) atoms. The van der Waals surface area contributed by atoms with E-state index in [1.165, 1.54) is 4.31 Å². The van der Waals surface area contributed by atoms with Crippen molar-refractivity contribution >= 4 is 31.9 Å². The molecule has 0 unspecified atom stereocenters. The summed E-state index contributed by atoms with van der Waals surface area (Å²) < 4.78 is 33.4. The van der Waals surface area contributed by atoms with Gasteiger partial charge in [0.05, 0.1) is 12.3 Å². The summed E-state index contributed by atoms with van der Waals surface area (Å²) in [4.78, 5) is 12.4. The Kier molecular flexibility index (Phi) is 7.91. The third-order valence-corrected chi connectivity index (χ3v) is 7.52. The maximum Gasteiger partial charge on any atom is 0.223 e. The monoisotopic (exact) mass is 494 g/mol. The van der Waals surface area contributed by atoms with Crippen LogP contribution in [0.4, 0.5) is 0 Å². The van der Waals surface area contributed by atoms with Crippen molar-refractivity contribution in [3.8, 4) is 5.75 Å². The Balaban J connectivity index is 1.40. The lowest BCUT2D eigenvalue weighted by Crippen LogP contribution is -2.43. The number of benzene rings is 2. The van der Waals surface area contributed by atoms with Crippen LogP contribution in [0.1, 0.15) is 24.0 Å². The Morgan fingerprint density at radius 1 is 1.17 bits per heavy atom. The van der Waals surface area contributed by atoms with Crippen LogP contribution in [0, 0.1) is 12.8 Å². The summed E-state index contributed by atoms with van der Waals surface area (Å²) in [6.07, 6.45) is 1.06. The van der Waals surface area contributed by atoms with Gasteiger partial charge in [0.1, 0.15) is 12.4 Å². The van der Waals surface area contributed by atoms with Crippen LogP contribution in [0.2, 0.25) is 0 Å². The molecule has 1 N–H and O–H groups in total. The highest BCUT2D eigenvalue weighted by Crippen LogP contribution is 2.22. The van der Waals surface area contributed by atoms with Gasteiger partial charge in [0.2, 0.25) is 15.9 Å². The molecule has 0 spiro atoms. The van der Waals surface area contributed by atoms with Crippen LogP contribution in [-0.2, 0) is 20.6 Å². The fraction of sp³-hybridized carbons (Fsp3) is 0.409. The molecule has 0 aromatic heterocycles. The highest BCUT2D eigenvalue weighted by atomic mass is 79.9. The van der Waals surface area contributed by atoms with E-state index in [0.29, 0.717) is 39.1 Å². The van der Waals surface area contributed by atoms with Crippen molar-refractivity contribution in [1.29, 1.82) is 0 Å². The normalized spacial score (nSPS) is 15.7. The van der Waals surface area contributed by atoms with Gasteiger partial charge >= 0.3 is 0 Å². The molecule has 1 saturated heterocycles. The molecule has 1 aliphatic rings. The van der Waals surface area contributed by atoms with E-state index in [1.54, 1.807) is 12.1 Å². The summed E-state index contributed by atoms with van der Waals surface area (Å²) in [6.45, 7) is 3.57. The molecular weight excluding hydrogens is 468 g/mol. The van der Waals surface area contributed by atoms with Gasteiger partial charge < -0.3 is 10.1 Å². The Morgan fingerprint density at radius 2 is 1.87 bits per heavy atom. The van der Waals surface area contributed by atoms with E-state index in [2.05, 4.69) is 21.2 Å². The van der Waals surface area contributed by atoms with Crippen molar-refractivity contribution in [2.75, 3.05) is 26.2 Å². The van der Waals surface area contributed by atoms with Crippen LogP contribution in [0.5, 0.6) is 5.75 Å². The number of carbonyl (C=O) groups excluding carboxylic acids is 1. The van der Waals surface area contributed by atoms with Gasteiger partial charge in [-0.15, -0.1) is 0 Å². The van der Waals surface area contributed by atoms with Crippen molar-refractivity contribution < 1.29 is 17.9 Å². The minimum atomic E-state index is -3.39. The van der Waals surface area contributed by atoms with Gasteiger partial charge in [-0.25, -0.2) is 12.7 Å². The molecular formula is C22H27BrN2O4S. The van der Waals surface area contributed by atoms with Crippen LogP contribution in [0.15, 0.2) is 53.0 Å². The SMILES string of the molecule is Cc1cccc(OCCNC(=O)C2CCN(S(=O)(=O)Cc3ccc(Br)cc3)CC2)c1. The average molecular weight is 495 g/mol. The molecule has 162 valence electrons. The zero-order valence-electron chi connectivity index (χ0n) is 17.0. The molecule has 3 rings (SSSR count). The maximum absolute atomic E-state index is 12.7. The van der Waals surface area contributed by atoms with Gasteiger partial charge in [-0.05, 0) is 55.2 Å². The van der Waals surface area contributed by atoms with Gasteiger partial charge in [-0.3, -0.25) is 4.79 Å². The average Bonchev–Trinajstić information content (AvgIpc) is 2.73. The fourth-order valence-electron chi connectivity index (χ4n) is 3.47. The Labute approximate surface area is 186 Å². The van der Waals surface area contributed by atoms with Crippen LogP contribution in [0.3, 0.4) is 0 Å². The third-order valence-electron chi connectivity index (χ3n) is 5.14. The first-order valence-corrected chi connectivity index (χ1v) is 12.4. The number of rotatable bonds is 8. The Hall–Kier alpha value is -1.90. The Morgan fingerprint density at radius 3 is 2.53 bits per heavy atom. The van der Waals surface area contributed by atoms with Crippen molar-refractivity contribution in [2.24, 2.45) is 5.92 Å². The zero-order chi connectivity index (χ0) is 21.6. The predicted molar refractivity (Wildman–Crippen MR) is 121 cm³/mol. The van der Waals surface area contributed by atoms with Crippen molar-refractivity contribution in [3.63, 3.8) is 0 Å². The summed E-state index contributed by atoms with van der Waals surface area (Å²) >= 11 is 3.35. The number of sulfonamides is 1. The van der Waals surface area contributed by atoms with E-state index in [1.807, 2.05) is 43.3 Å². The lowest BCUT2D eigenvalue weighted by molar-refractivity contribution is -0.126. The number of carbonyl (C=O) groups is 1. The number of nitrogens with zero attached hydrogens (tertiary/aromatic N) is 1. The first kappa shape index (κ1) is 22.8. The van der Waals surface area contributed by atoms with Crippen molar-refractivity contribution in [1.82, 2.24) is 9.62 Å². The van der Waals surface area contributed by atoms with E-state index in [9.17, 15) is 13.2 Å². The van der Waals surface area contributed by atoms with E-state index in [4.69, 9.17) is 4.74 Å². The standard InChI is InChI=1S/C22H27BrN2O4S/c1-17-3-2-4-21(15-17)29-14-11-24-22(26)19-9-12-25(13-10-19)30(27,28)16-18-5-7-20(23)8-6-18/h2-8,15,19H,9-14,16H2,1H3,(H,24,26). The quantitative estimate of drug-likeness (QED) is 0.569. The van der Waals surface area contributed by atoms with Crippen molar-refractivity contribution in [2.45, 2.75) is 25.5 Å². The zero-order valence-corrected chi connectivity index (χ0v) is 19.4. The number of hydrogen-bond donors (Lipinski definition) is 1. The second-order valence-corrected chi connectivity index (χ2v) is 10.4. The number of nitrogens with one attached hydrogen (secondary N) is 1. The lowest BCUT2D eigenvalue weighted by atomic mass is 9.97. The number of hydrogen-bond acceptors (Lipinski definition) is 4. The number of halogens is 1. The molecule has 1 aliphatic heterocycles. The number of aryl methyl sites for hydroxylation is 1. The van der Waals surface area contributed by atoms with Crippen LogP contribution >= 0.6 is 15.9 Å². The summed E-state index contributed by atoms with van der Waals surface area (Å²) in [7, 11) is -3.39. The largest absolute Gasteiger partial charge is 0.492 e. The summed E-state index contributed by atoms with van der Waals surface area (Å²) in [5.41, 5.74) is 1.88. The minimum absolute atomic E-state index is 0.0204. The minimum Gasteiger partial charge on any atom is -0.492 e. The lowest BCUT2D eigenvalue weighted by Gasteiger charge is -2.30. The molecule has 0 atom stereocenters. The molecule has 2 aromatic carbocycles. The maximum atomic E-state index is 12.7. The number of piperidine rings is 1. The smallest absolute Gasteiger partial charge is 0.223 e.